The average molecular weight is 301 g/mol. The first-order chi connectivity index (χ1) is 9.30. The van der Waals surface area contributed by atoms with Crippen molar-refractivity contribution in [2.24, 2.45) is 11.1 Å². The molecule has 0 fully saturated rings. The molecule has 0 bridgehead atoms. The maximum Gasteiger partial charge on any atom is 0.238 e. The topological polar surface area (TPSA) is 107 Å². The summed E-state index contributed by atoms with van der Waals surface area (Å²) in [5, 5.41) is 8.17. The highest BCUT2D eigenvalue weighted by Crippen LogP contribution is 2.21. The zero-order valence-electron chi connectivity index (χ0n) is 11.9. The molecular formula is C13H23N3O3S. The molecule has 6 nitrogen and oxygen atoms in total. The van der Waals surface area contributed by atoms with Crippen molar-refractivity contribution in [3.05, 3.63) is 18.2 Å². The number of hydrogen-bond donors (Lipinski definition) is 3. The van der Waals surface area contributed by atoms with Crippen LogP contribution in [0.15, 0.2) is 23.1 Å². The summed E-state index contributed by atoms with van der Waals surface area (Å²) in [5.41, 5.74) is 6.84. The van der Waals surface area contributed by atoms with Crippen molar-refractivity contribution in [3.63, 3.8) is 0 Å². The lowest BCUT2D eigenvalue weighted by atomic mass is 10.2. The number of nitrogens with one attached hydrogen (secondary N) is 1. The van der Waals surface area contributed by atoms with E-state index in [4.69, 9.17) is 15.6 Å². The minimum Gasteiger partial charge on any atom is -0.397 e. The Labute approximate surface area is 120 Å². The molecule has 20 heavy (non-hydrogen) atoms. The lowest BCUT2D eigenvalue weighted by Gasteiger charge is -2.11. The molecule has 0 radical (unpaired) electrons. The lowest BCUT2D eigenvalue weighted by molar-refractivity contribution is 0.110. The van der Waals surface area contributed by atoms with Crippen LogP contribution in [0.1, 0.15) is 20.3 Å². The second-order valence-electron chi connectivity index (χ2n) is 5.04. The Balaban J connectivity index is 2.42. The summed E-state index contributed by atoms with van der Waals surface area (Å²) in [6.45, 7) is 6.35. The third-order valence-corrected chi connectivity index (χ3v) is 3.49. The van der Waals surface area contributed by atoms with Crippen molar-refractivity contribution >= 4 is 21.4 Å². The van der Waals surface area contributed by atoms with E-state index in [2.05, 4.69) is 19.2 Å². The summed E-state index contributed by atoms with van der Waals surface area (Å²) in [7, 11) is -3.71. The van der Waals surface area contributed by atoms with Gasteiger partial charge in [0.25, 0.3) is 0 Å². The fraction of sp³-hybridized carbons (Fsp3) is 0.538. The largest absolute Gasteiger partial charge is 0.397 e. The molecule has 1 aromatic rings. The van der Waals surface area contributed by atoms with Crippen molar-refractivity contribution in [1.29, 1.82) is 0 Å². The first kappa shape index (κ1) is 16.7. The summed E-state index contributed by atoms with van der Waals surface area (Å²) < 4.78 is 27.8. The molecule has 0 heterocycles. The molecule has 0 aromatic heterocycles. The number of ether oxygens (including phenoxy) is 1. The highest BCUT2D eigenvalue weighted by molar-refractivity contribution is 7.89. The van der Waals surface area contributed by atoms with Crippen LogP contribution >= 0.6 is 0 Å². The smallest absolute Gasteiger partial charge is 0.238 e. The van der Waals surface area contributed by atoms with E-state index < -0.39 is 10.0 Å². The molecule has 0 aliphatic rings. The van der Waals surface area contributed by atoms with Gasteiger partial charge in [-0.3, -0.25) is 0 Å². The van der Waals surface area contributed by atoms with Crippen LogP contribution < -0.4 is 16.2 Å². The van der Waals surface area contributed by atoms with Gasteiger partial charge in [0, 0.05) is 19.8 Å². The fourth-order valence-corrected chi connectivity index (χ4v) is 2.14. The fourth-order valence-electron chi connectivity index (χ4n) is 1.60. The van der Waals surface area contributed by atoms with E-state index in [-0.39, 0.29) is 4.90 Å². The van der Waals surface area contributed by atoms with E-state index in [0.29, 0.717) is 30.4 Å². The van der Waals surface area contributed by atoms with Crippen LogP contribution in [0.3, 0.4) is 0 Å². The number of nitrogen functional groups attached to an aromatic ring is 1. The van der Waals surface area contributed by atoms with E-state index in [1.54, 1.807) is 6.07 Å². The zero-order valence-corrected chi connectivity index (χ0v) is 12.7. The zero-order chi connectivity index (χ0) is 15.2. The second kappa shape index (κ2) is 7.47. The minimum atomic E-state index is -3.71. The molecule has 0 atom stereocenters. The van der Waals surface area contributed by atoms with Crippen molar-refractivity contribution in [1.82, 2.24) is 0 Å². The Morgan fingerprint density at radius 1 is 1.35 bits per heavy atom. The first-order valence-electron chi connectivity index (χ1n) is 6.54. The van der Waals surface area contributed by atoms with E-state index in [9.17, 15) is 8.42 Å². The number of rotatable bonds is 8. The van der Waals surface area contributed by atoms with Gasteiger partial charge in [-0.25, -0.2) is 13.6 Å². The van der Waals surface area contributed by atoms with E-state index in [0.717, 1.165) is 13.0 Å². The van der Waals surface area contributed by atoms with Crippen LogP contribution in [-0.2, 0) is 14.8 Å². The summed E-state index contributed by atoms with van der Waals surface area (Å²) in [5.74, 6) is 0.532. The molecule has 0 amide bonds. The molecule has 0 aliphatic heterocycles. The molecule has 0 saturated carbocycles. The van der Waals surface area contributed by atoms with Gasteiger partial charge in [-0.1, -0.05) is 13.8 Å². The maximum atomic E-state index is 11.2. The Morgan fingerprint density at radius 2 is 2.05 bits per heavy atom. The number of anilines is 2. The number of primary sulfonamides is 1. The van der Waals surface area contributed by atoms with Gasteiger partial charge in [0.05, 0.1) is 16.3 Å². The molecular weight excluding hydrogens is 278 g/mol. The molecule has 0 unspecified atom stereocenters. The van der Waals surface area contributed by atoms with Gasteiger partial charge in [0.15, 0.2) is 0 Å². The quantitative estimate of drug-likeness (QED) is 0.497. The summed E-state index contributed by atoms with van der Waals surface area (Å²) in [6.07, 6.45) is 0.850. The van der Waals surface area contributed by atoms with Crippen molar-refractivity contribution < 1.29 is 13.2 Å². The standard InChI is InChI=1S/C13H23N3O3S/c1-10(2)9-19-7-3-6-16-13-5-4-11(8-12(13)14)20(15,17)18/h4-5,8,10,16H,3,6-7,9,14H2,1-2H3,(H2,15,17,18). The predicted octanol–water partition coefficient (Wildman–Crippen LogP) is 1.39. The third kappa shape index (κ3) is 5.77. The summed E-state index contributed by atoms with van der Waals surface area (Å²) in [6, 6.07) is 4.40. The van der Waals surface area contributed by atoms with E-state index in [1.165, 1.54) is 12.1 Å². The molecule has 0 aliphatic carbocycles. The molecule has 0 spiro atoms. The molecule has 0 saturated heterocycles. The van der Waals surface area contributed by atoms with Gasteiger partial charge in [0.1, 0.15) is 0 Å². The normalized spacial score (nSPS) is 11.8. The van der Waals surface area contributed by atoms with Crippen LogP contribution in [0.4, 0.5) is 11.4 Å². The Bertz CT molecular complexity index is 530. The Hall–Kier alpha value is -1.31. The minimum absolute atomic E-state index is 0.0146. The van der Waals surface area contributed by atoms with Crippen molar-refractivity contribution in [3.8, 4) is 0 Å². The monoisotopic (exact) mass is 301 g/mol. The van der Waals surface area contributed by atoms with Gasteiger partial charge >= 0.3 is 0 Å². The molecule has 1 rings (SSSR count). The number of hydrogen-bond acceptors (Lipinski definition) is 5. The van der Waals surface area contributed by atoms with Crippen LogP contribution in [0, 0.1) is 5.92 Å². The van der Waals surface area contributed by atoms with Gasteiger partial charge in [0.2, 0.25) is 10.0 Å². The molecule has 1 aromatic carbocycles. The predicted molar refractivity (Wildman–Crippen MR) is 81.0 cm³/mol. The van der Waals surface area contributed by atoms with E-state index >= 15 is 0 Å². The number of sulfonamides is 1. The van der Waals surface area contributed by atoms with Crippen LogP contribution in [0.5, 0.6) is 0 Å². The summed E-state index contributed by atoms with van der Waals surface area (Å²) >= 11 is 0. The van der Waals surface area contributed by atoms with Gasteiger partial charge in [-0.15, -0.1) is 0 Å². The molecule has 114 valence electrons. The van der Waals surface area contributed by atoms with Crippen LogP contribution in [0.25, 0.3) is 0 Å². The number of benzene rings is 1. The van der Waals surface area contributed by atoms with Gasteiger partial charge < -0.3 is 15.8 Å². The van der Waals surface area contributed by atoms with Crippen molar-refractivity contribution in [2.75, 3.05) is 30.8 Å². The van der Waals surface area contributed by atoms with Crippen LogP contribution in [0.2, 0.25) is 0 Å². The van der Waals surface area contributed by atoms with Crippen LogP contribution in [-0.4, -0.2) is 28.2 Å². The van der Waals surface area contributed by atoms with Gasteiger partial charge in [-0.2, -0.15) is 0 Å². The highest BCUT2D eigenvalue weighted by Gasteiger charge is 2.09. The van der Waals surface area contributed by atoms with Gasteiger partial charge in [-0.05, 0) is 30.5 Å². The molecule has 7 heteroatoms. The Morgan fingerprint density at radius 3 is 2.60 bits per heavy atom. The first-order valence-corrected chi connectivity index (χ1v) is 8.09. The number of nitrogens with two attached hydrogens (primary N) is 2. The summed E-state index contributed by atoms with van der Waals surface area (Å²) in [4.78, 5) is 0.0146. The van der Waals surface area contributed by atoms with E-state index in [1.807, 2.05) is 0 Å². The lowest BCUT2D eigenvalue weighted by Crippen LogP contribution is -2.13. The Kier molecular flexibility index (Phi) is 6.25. The molecule has 5 N–H and O–H groups in total. The van der Waals surface area contributed by atoms with Crippen molar-refractivity contribution in [2.45, 2.75) is 25.2 Å². The third-order valence-electron chi connectivity index (χ3n) is 2.58. The second-order valence-corrected chi connectivity index (χ2v) is 6.60. The maximum absolute atomic E-state index is 11.2. The average Bonchev–Trinajstić information content (AvgIpc) is 2.33. The highest BCUT2D eigenvalue weighted by atomic mass is 32.2. The SMILES string of the molecule is CC(C)COCCCNc1ccc(S(N)(=O)=O)cc1N.